The first-order valence-electron chi connectivity index (χ1n) is 6.56. The van der Waals surface area contributed by atoms with Crippen LogP contribution >= 0.6 is 11.6 Å². The predicted octanol–water partition coefficient (Wildman–Crippen LogP) is 2.42. The molecule has 0 saturated heterocycles. The molecule has 0 aliphatic heterocycles. The van der Waals surface area contributed by atoms with Crippen LogP contribution in [0.4, 0.5) is 5.82 Å². The van der Waals surface area contributed by atoms with Crippen LogP contribution in [0.5, 0.6) is 0 Å². The second kappa shape index (κ2) is 5.98. The molecule has 23 heavy (non-hydrogen) atoms. The van der Waals surface area contributed by atoms with E-state index < -0.39 is 10.0 Å². The zero-order valence-corrected chi connectivity index (χ0v) is 13.6. The Morgan fingerprint density at radius 2 is 1.87 bits per heavy atom. The Morgan fingerprint density at radius 3 is 2.52 bits per heavy atom. The molecular formula is C14H12ClN5O2S. The number of hydrogen-bond donors (Lipinski definition) is 1. The Morgan fingerprint density at radius 1 is 1.13 bits per heavy atom. The van der Waals surface area contributed by atoms with Gasteiger partial charge in [0.15, 0.2) is 0 Å². The van der Waals surface area contributed by atoms with Gasteiger partial charge in [0.25, 0.3) is 10.0 Å². The van der Waals surface area contributed by atoms with Crippen molar-refractivity contribution in [3.63, 3.8) is 0 Å². The molecule has 9 heteroatoms. The standard InChI is InChI=1S/C14H12ClN5O2S/c1-10-16-6-7-20(10)14-8-13(17-9-18-14)19-23(21,22)12-4-2-11(15)3-5-12/h2-9H,1H3,(H,17,18,19). The van der Waals surface area contributed by atoms with Crippen molar-refractivity contribution in [2.24, 2.45) is 0 Å². The minimum atomic E-state index is -3.75. The molecule has 0 aliphatic carbocycles. The van der Waals surface area contributed by atoms with E-state index in [0.717, 1.165) is 5.82 Å². The zero-order valence-electron chi connectivity index (χ0n) is 12.0. The maximum absolute atomic E-state index is 12.3. The van der Waals surface area contributed by atoms with E-state index in [4.69, 9.17) is 11.6 Å². The molecule has 0 fully saturated rings. The minimum absolute atomic E-state index is 0.0980. The number of hydrogen-bond acceptors (Lipinski definition) is 5. The molecule has 0 unspecified atom stereocenters. The smallest absolute Gasteiger partial charge is 0.263 e. The van der Waals surface area contributed by atoms with E-state index in [0.29, 0.717) is 10.8 Å². The highest BCUT2D eigenvalue weighted by molar-refractivity contribution is 7.92. The van der Waals surface area contributed by atoms with Crippen LogP contribution in [0, 0.1) is 6.92 Å². The number of aryl methyl sites for hydroxylation is 1. The summed E-state index contributed by atoms with van der Waals surface area (Å²) in [5.74, 6) is 1.41. The molecule has 1 aromatic carbocycles. The summed E-state index contributed by atoms with van der Waals surface area (Å²) in [6.45, 7) is 1.82. The third-order valence-corrected chi connectivity index (χ3v) is 4.71. The van der Waals surface area contributed by atoms with Gasteiger partial charge in [-0.1, -0.05) is 11.6 Å². The van der Waals surface area contributed by atoms with Crippen LogP contribution in [0.3, 0.4) is 0 Å². The molecule has 2 aromatic heterocycles. The van der Waals surface area contributed by atoms with Gasteiger partial charge in [-0.15, -0.1) is 0 Å². The van der Waals surface area contributed by atoms with Crippen molar-refractivity contribution in [3.8, 4) is 5.82 Å². The van der Waals surface area contributed by atoms with Gasteiger partial charge in [-0.05, 0) is 31.2 Å². The third kappa shape index (κ3) is 3.33. The first kappa shape index (κ1) is 15.4. The van der Waals surface area contributed by atoms with Crippen LogP contribution in [-0.4, -0.2) is 27.9 Å². The maximum atomic E-state index is 12.3. The molecule has 3 rings (SSSR count). The molecule has 0 radical (unpaired) electrons. The molecule has 7 nitrogen and oxygen atoms in total. The number of nitrogens with zero attached hydrogens (tertiary/aromatic N) is 4. The van der Waals surface area contributed by atoms with Gasteiger partial charge in [0.1, 0.15) is 23.8 Å². The summed E-state index contributed by atoms with van der Waals surface area (Å²) in [5, 5.41) is 0.462. The number of halogens is 1. The topological polar surface area (TPSA) is 89.8 Å². The van der Waals surface area contributed by atoms with Crippen LogP contribution in [0.25, 0.3) is 5.82 Å². The van der Waals surface area contributed by atoms with Gasteiger partial charge in [-0.2, -0.15) is 0 Å². The summed E-state index contributed by atoms with van der Waals surface area (Å²) >= 11 is 5.77. The van der Waals surface area contributed by atoms with Crippen molar-refractivity contribution in [2.45, 2.75) is 11.8 Å². The Hall–Kier alpha value is -2.45. The lowest BCUT2D eigenvalue weighted by atomic mass is 10.4. The van der Waals surface area contributed by atoms with E-state index in [2.05, 4.69) is 19.7 Å². The molecule has 0 saturated carbocycles. The van der Waals surface area contributed by atoms with Gasteiger partial charge in [0.2, 0.25) is 0 Å². The van der Waals surface area contributed by atoms with Gasteiger partial charge in [0.05, 0.1) is 4.90 Å². The summed E-state index contributed by atoms with van der Waals surface area (Å²) in [6.07, 6.45) is 4.65. The van der Waals surface area contributed by atoms with Crippen molar-refractivity contribution in [1.82, 2.24) is 19.5 Å². The Bertz CT molecular complexity index is 938. The Balaban J connectivity index is 1.91. The third-order valence-electron chi connectivity index (χ3n) is 3.09. The first-order chi connectivity index (χ1) is 11.0. The number of nitrogens with one attached hydrogen (secondary N) is 1. The van der Waals surface area contributed by atoms with Crippen molar-refractivity contribution >= 4 is 27.4 Å². The van der Waals surface area contributed by atoms with Gasteiger partial charge >= 0.3 is 0 Å². The molecule has 0 atom stereocenters. The highest BCUT2D eigenvalue weighted by Crippen LogP contribution is 2.18. The first-order valence-corrected chi connectivity index (χ1v) is 8.42. The fraction of sp³-hybridized carbons (Fsp3) is 0.0714. The molecule has 3 aromatic rings. The van der Waals surface area contributed by atoms with Gasteiger partial charge in [-0.25, -0.2) is 23.4 Å². The summed E-state index contributed by atoms with van der Waals surface area (Å²) < 4.78 is 28.8. The highest BCUT2D eigenvalue weighted by Gasteiger charge is 2.15. The fourth-order valence-electron chi connectivity index (χ4n) is 1.97. The average molecular weight is 350 g/mol. The summed E-state index contributed by atoms with van der Waals surface area (Å²) in [7, 11) is -3.75. The SMILES string of the molecule is Cc1nccn1-c1cc(NS(=O)(=O)c2ccc(Cl)cc2)ncn1. The van der Waals surface area contributed by atoms with Crippen molar-refractivity contribution in [2.75, 3.05) is 4.72 Å². The normalized spacial score (nSPS) is 11.4. The van der Waals surface area contributed by atoms with E-state index >= 15 is 0 Å². The van der Waals surface area contributed by atoms with Crippen molar-refractivity contribution < 1.29 is 8.42 Å². The van der Waals surface area contributed by atoms with Crippen molar-refractivity contribution in [3.05, 3.63) is 59.9 Å². The molecule has 0 spiro atoms. The zero-order chi connectivity index (χ0) is 16.4. The van der Waals surface area contributed by atoms with E-state index in [1.807, 2.05) is 6.92 Å². The van der Waals surface area contributed by atoms with Crippen LogP contribution < -0.4 is 4.72 Å². The molecule has 0 amide bonds. The van der Waals surface area contributed by atoms with Gasteiger partial charge in [-0.3, -0.25) is 9.29 Å². The van der Waals surface area contributed by atoms with E-state index in [9.17, 15) is 8.42 Å². The summed E-state index contributed by atoms with van der Waals surface area (Å²) in [4.78, 5) is 12.3. The Labute approximate surface area is 138 Å². The van der Waals surface area contributed by atoms with Crippen molar-refractivity contribution in [1.29, 1.82) is 0 Å². The predicted molar refractivity (Wildman–Crippen MR) is 86.2 cm³/mol. The minimum Gasteiger partial charge on any atom is -0.288 e. The molecule has 0 bridgehead atoms. The fourth-order valence-corrected chi connectivity index (χ4v) is 3.09. The van der Waals surface area contributed by atoms with Crippen LogP contribution in [0.15, 0.2) is 53.9 Å². The molecular weight excluding hydrogens is 338 g/mol. The second-order valence-electron chi connectivity index (χ2n) is 4.67. The van der Waals surface area contributed by atoms with Crippen LogP contribution in [0.2, 0.25) is 5.02 Å². The van der Waals surface area contributed by atoms with Gasteiger partial charge < -0.3 is 0 Å². The number of aromatic nitrogens is 4. The van der Waals surface area contributed by atoms with Gasteiger partial charge in [0, 0.05) is 23.5 Å². The molecule has 1 N–H and O–H groups in total. The average Bonchev–Trinajstić information content (AvgIpc) is 2.94. The van der Waals surface area contributed by atoms with E-state index in [1.54, 1.807) is 17.0 Å². The lowest BCUT2D eigenvalue weighted by molar-refractivity contribution is 0.601. The monoisotopic (exact) mass is 349 g/mol. The maximum Gasteiger partial charge on any atom is 0.263 e. The Kier molecular flexibility index (Phi) is 4.01. The number of imidazole rings is 1. The van der Waals surface area contributed by atoms with E-state index in [1.165, 1.54) is 36.7 Å². The lowest BCUT2D eigenvalue weighted by Crippen LogP contribution is -2.14. The number of anilines is 1. The van der Waals surface area contributed by atoms with Crippen LogP contribution in [-0.2, 0) is 10.0 Å². The highest BCUT2D eigenvalue weighted by atomic mass is 35.5. The molecule has 2 heterocycles. The lowest BCUT2D eigenvalue weighted by Gasteiger charge is -2.09. The second-order valence-corrected chi connectivity index (χ2v) is 6.78. The molecule has 0 aliphatic rings. The molecule has 118 valence electrons. The van der Waals surface area contributed by atoms with E-state index in [-0.39, 0.29) is 10.7 Å². The van der Waals surface area contributed by atoms with Crippen LogP contribution in [0.1, 0.15) is 5.82 Å². The number of benzene rings is 1. The summed E-state index contributed by atoms with van der Waals surface area (Å²) in [6, 6.07) is 7.40. The quantitative estimate of drug-likeness (QED) is 0.781. The largest absolute Gasteiger partial charge is 0.288 e. The summed E-state index contributed by atoms with van der Waals surface area (Å²) in [5.41, 5.74) is 0. The number of rotatable bonds is 4. The number of sulfonamides is 1.